The summed E-state index contributed by atoms with van der Waals surface area (Å²) < 4.78 is 13.4. The second-order valence-corrected chi connectivity index (χ2v) is 7.66. The zero-order valence-electron chi connectivity index (χ0n) is 16.5. The minimum Gasteiger partial charge on any atom is -0.371 e. The molecule has 2 N–H and O–H groups in total. The van der Waals surface area contributed by atoms with Gasteiger partial charge in [0.25, 0.3) is 0 Å². The van der Waals surface area contributed by atoms with Crippen molar-refractivity contribution in [2.24, 2.45) is 4.99 Å². The smallest absolute Gasteiger partial charge is 0.191 e. The van der Waals surface area contributed by atoms with Crippen molar-refractivity contribution in [2.75, 3.05) is 44.0 Å². The summed E-state index contributed by atoms with van der Waals surface area (Å²) >= 11 is 1.63. The first-order valence-corrected chi connectivity index (χ1v) is 10.0. The average molecular weight is 518 g/mol. The Balaban J connectivity index is 0.00000280. The van der Waals surface area contributed by atoms with Crippen LogP contribution < -0.4 is 20.4 Å². The standard InChI is InChI=1S/C19H27FN6S.HI/c1-21-18(22-12-16-13-27-19(24-16)25(2)3)23-15-7-9-26(10-8-15)17-6-4-5-14(20)11-17;/h4-6,11,13,15H,7-10,12H2,1-3H3,(H2,21,22,23);1H. The Morgan fingerprint density at radius 2 is 2.11 bits per heavy atom. The number of aromatic nitrogens is 1. The molecule has 28 heavy (non-hydrogen) atoms. The first-order chi connectivity index (χ1) is 13.0. The van der Waals surface area contributed by atoms with E-state index in [-0.39, 0.29) is 29.8 Å². The van der Waals surface area contributed by atoms with Crippen LogP contribution >= 0.6 is 35.3 Å². The molecule has 0 unspecified atom stereocenters. The molecule has 1 aliphatic heterocycles. The molecule has 1 aliphatic rings. The molecule has 1 aromatic carbocycles. The number of guanidine groups is 1. The summed E-state index contributed by atoms with van der Waals surface area (Å²) in [5.41, 5.74) is 1.96. The topological polar surface area (TPSA) is 55.8 Å². The van der Waals surface area contributed by atoms with Gasteiger partial charge in [-0.05, 0) is 31.0 Å². The molecular formula is C19H28FIN6S. The molecule has 0 amide bonds. The molecule has 1 saturated heterocycles. The third kappa shape index (κ3) is 6.20. The Bertz CT molecular complexity index is 773. The lowest BCUT2D eigenvalue weighted by Gasteiger charge is -2.34. The third-order valence-corrected chi connectivity index (χ3v) is 5.65. The van der Waals surface area contributed by atoms with Crippen molar-refractivity contribution >= 4 is 52.1 Å². The van der Waals surface area contributed by atoms with Crippen molar-refractivity contribution in [3.63, 3.8) is 0 Å². The highest BCUT2D eigenvalue weighted by Gasteiger charge is 2.20. The number of piperidine rings is 1. The molecule has 0 spiro atoms. The van der Waals surface area contributed by atoms with Crippen molar-refractivity contribution in [1.82, 2.24) is 15.6 Å². The monoisotopic (exact) mass is 518 g/mol. The zero-order chi connectivity index (χ0) is 19.2. The number of anilines is 2. The second kappa shape index (κ2) is 10.8. The van der Waals surface area contributed by atoms with E-state index in [1.807, 2.05) is 25.1 Å². The fraction of sp³-hybridized carbons (Fsp3) is 0.474. The molecule has 0 bridgehead atoms. The Labute approximate surface area is 187 Å². The van der Waals surface area contributed by atoms with Crippen LogP contribution in [0.25, 0.3) is 0 Å². The van der Waals surface area contributed by atoms with Crippen LogP contribution in [0.4, 0.5) is 15.2 Å². The van der Waals surface area contributed by atoms with Crippen LogP contribution in [0.5, 0.6) is 0 Å². The second-order valence-electron chi connectivity index (χ2n) is 6.83. The molecule has 1 fully saturated rings. The highest BCUT2D eigenvalue weighted by Crippen LogP contribution is 2.21. The van der Waals surface area contributed by atoms with E-state index in [0.29, 0.717) is 12.6 Å². The first-order valence-electron chi connectivity index (χ1n) is 9.14. The zero-order valence-corrected chi connectivity index (χ0v) is 19.6. The van der Waals surface area contributed by atoms with E-state index in [2.05, 4.69) is 30.9 Å². The lowest BCUT2D eigenvalue weighted by molar-refractivity contribution is 0.461. The van der Waals surface area contributed by atoms with Gasteiger partial charge in [0.05, 0.1) is 12.2 Å². The van der Waals surface area contributed by atoms with Crippen LogP contribution in [0.3, 0.4) is 0 Å². The molecule has 0 saturated carbocycles. The van der Waals surface area contributed by atoms with E-state index in [4.69, 9.17) is 0 Å². The maximum atomic E-state index is 13.4. The number of benzene rings is 1. The highest BCUT2D eigenvalue weighted by molar-refractivity contribution is 14.0. The molecular weight excluding hydrogens is 490 g/mol. The fourth-order valence-corrected chi connectivity index (χ4v) is 3.86. The van der Waals surface area contributed by atoms with E-state index in [1.54, 1.807) is 30.5 Å². The van der Waals surface area contributed by atoms with Crippen LogP contribution in [0.2, 0.25) is 0 Å². The van der Waals surface area contributed by atoms with Gasteiger partial charge >= 0.3 is 0 Å². The van der Waals surface area contributed by atoms with Gasteiger partial charge in [0.2, 0.25) is 0 Å². The van der Waals surface area contributed by atoms with E-state index in [9.17, 15) is 4.39 Å². The molecule has 154 valence electrons. The summed E-state index contributed by atoms with van der Waals surface area (Å²) in [6.07, 6.45) is 1.97. The summed E-state index contributed by atoms with van der Waals surface area (Å²) in [6, 6.07) is 7.17. The number of halogens is 2. The van der Waals surface area contributed by atoms with Crippen LogP contribution in [-0.2, 0) is 6.54 Å². The molecule has 0 radical (unpaired) electrons. The summed E-state index contributed by atoms with van der Waals surface area (Å²) in [5, 5.41) is 9.89. The van der Waals surface area contributed by atoms with Gasteiger partial charge in [-0.2, -0.15) is 0 Å². The number of nitrogens with zero attached hydrogens (tertiary/aromatic N) is 4. The molecule has 3 rings (SSSR count). The van der Waals surface area contributed by atoms with E-state index >= 15 is 0 Å². The van der Waals surface area contributed by atoms with E-state index < -0.39 is 0 Å². The first kappa shape index (κ1) is 22.7. The summed E-state index contributed by atoms with van der Waals surface area (Å²) in [4.78, 5) is 13.1. The number of thiazole rings is 1. The largest absolute Gasteiger partial charge is 0.371 e. The predicted molar refractivity (Wildman–Crippen MR) is 127 cm³/mol. The minimum absolute atomic E-state index is 0. The van der Waals surface area contributed by atoms with Gasteiger partial charge < -0.3 is 20.4 Å². The fourth-order valence-electron chi connectivity index (χ4n) is 3.10. The van der Waals surface area contributed by atoms with Crippen LogP contribution in [0, 0.1) is 5.82 Å². The Kier molecular flexibility index (Phi) is 8.74. The van der Waals surface area contributed by atoms with Gasteiger partial charge in [-0.25, -0.2) is 9.37 Å². The molecule has 9 heteroatoms. The van der Waals surface area contributed by atoms with Crippen molar-refractivity contribution in [1.29, 1.82) is 0 Å². The number of rotatable bonds is 5. The van der Waals surface area contributed by atoms with Crippen molar-refractivity contribution in [3.8, 4) is 0 Å². The number of nitrogens with one attached hydrogen (secondary N) is 2. The number of hydrogen-bond acceptors (Lipinski definition) is 5. The summed E-state index contributed by atoms with van der Waals surface area (Å²) in [6.45, 7) is 2.44. The normalized spacial score (nSPS) is 15.1. The SMILES string of the molecule is CN=C(NCc1csc(N(C)C)n1)NC1CCN(c2cccc(F)c2)CC1.I. The minimum atomic E-state index is -0.184. The van der Waals surface area contributed by atoms with Crippen LogP contribution in [0.1, 0.15) is 18.5 Å². The van der Waals surface area contributed by atoms with Crippen LogP contribution in [0.15, 0.2) is 34.6 Å². The van der Waals surface area contributed by atoms with Crippen molar-refractivity contribution in [3.05, 3.63) is 41.2 Å². The van der Waals surface area contributed by atoms with Gasteiger partial charge in [0.15, 0.2) is 11.1 Å². The Morgan fingerprint density at radius 3 is 2.71 bits per heavy atom. The maximum absolute atomic E-state index is 13.4. The Morgan fingerprint density at radius 1 is 1.36 bits per heavy atom. The highest BCUT2D eigenvalue weighted by atomic mass is 127. The van der Waals surface area contributed by atoms with Crippen LogP contribution in [-0.4, -0.2) is 51.2 Å². The molecule has 2 heterocycles. The molecule has 6 nitrogen and oxygen atoms in total. The lowest BCUT2D eigenvalue weighted by atomic mass is 10.0. The maximum Gasteiger partial charge on any atom is 0.191 e. The number of aliphatic imine (C=N–C) groups is 1. The third-order valence-electron chi connectivity index (χ3n) is 4.59. The van der Waals surface area contributed by atoms with Crippen molar-refractivity contribution in [2.45, 2.75) is 25.4 Å². The average Bonchev–Trinajstić information content (AvgIpc) is 3.15. The summed E-state index contributed by atoms with van der Waals surface area (Å²) in [7, 11) is 5.77. The number of hydrogen-bond donors (Lipinski definition) is 2. The van der Waals surface area contributed by atoms with Crippen molar-refractivity contribution < 1.29 is 4.39 Å². The predicted octanol–water partition coefficient (Wildman–Crippen LogP) is 3.30. The molecule has 1 aromatic heterocycles. The lowest BCUT2D eigenvalue weighted by Crippen LogP contribution is -2.48. The molecule has 0 atom stereocenters. The van der Waals surface area contributed by atoms with Gasteiger partial charge in [0.1, 0.15) is 5.82 Å². The van der Waals surface area contributed by atoms with E-state index in [0.717, 1.165) is 48.4 Å². The molecule has 0 aliphatic carbocycles. The quantitative estimate of drug-likeness (QED) is 0.362. The van der Waals surface area contributed by atoms with Gasteiger partial charge in [-0.3, -0.25) is 4.99 Å². The van der Waals surface area contributed by atoms with E-state index in [1.165, 1.54) is 6.07 Å². The molecule has 2 aromatic rings. The van der Waals surface area contributed by atoms with Gasteiger partial charge in [0, 0.05) is 51.3 Å². The Hall–Kier alpha value is -1.62. The summed E-state index contributed by atoms with van der Waals surface area (Å²) in [5.74, 6) is 0.607. The van der Waals surface area contributed by atoms with Gasteiger partial charge in [-0.1, -0.05) is 6.07 Å². The van der Waals surface area contributed by atoms with Gasteiger partial charge in [-0.15, -0.1) is 35.3 Å².